The van der Waals surface area contributed by atoms with Gasteiger partial charge in [-0.05, 0) is 51.3 Å². The highest BCUT2D eigenvalue weighted by Crippen LogP contribution is 2.42. The monoisotopic (exact) mass is 409 g/mol. The first-order valence-electron chi connectivity index (χ1n) is 9.83. The predicted octanol–water partition coefficient (Wildman–Crippen LogP) is 4.69. The molecule has 150 valence electrons. The molecule has 0 unspecified atom stereocenters. The fraction of sp³-hybridized carbons (Fsp3) is 0.364. The average Bonchev–Trinajstić information content (AvgIpc) is 3.29. The number of aryl methyl sites for hydroxylation is 2. The Morgan fingerprint density at radius 2 is 1.69 bits per heavy atom. The molecule has 1 amide bonds. The van der Waals surface area contributed by atoms with Crippen LogP contribution in [0.2, 0.25) is 5.02 Å². The molecule has 2 aromatic heterocycles. The minimum Gasteiger partial charge on any atom is -0.323 e. The Hall–Kier alpha value is -2.73. The molecule has 6 nitrogen and oxygen atoms in total. The van der Waals surface area contributed by atoms with Crippen molar-refractivity contribution in [3.8, 4) is 5.95 Å². The van der Waals surface area contributed by atoms with Crippen molar-refractivity contribution in [2.45, 2.75) is 51.9 Å². The van der Waals surface area contributed by atoms with Gasteiger partial charge in [-0.1, -0.05) is 36.6 Å². The summed E-state index contributed by atoms with van der Waals surface area (Å²) in [6, 6.07) is 7.61. The topological polar surface area (TPSA) is 72.7 Å². The summed E-state index contributed by atoms with van der Waals surface area (Å²) in [7, 11) is 0. The molecule has 7 heteroatoms. The zero-order chi connectivity index (χ0) is 20.6. The number of carbonyl (C=O) groups excluding carboxylic acids is 1. The Morgan fingerprint density at radius 1 is 1.07 bits per heavy atom. The third kappa shape index (κ3) is 3.53. The first-order valence-corrected chi connectivity index (χ1v) is 10.2. The van der Waals surface area contributed by atoms with Gasteiger partial charge in [0.05, 0.1) is 29.2 Å². The van der Waals surface area contributed by atoms with Gasteiger partial charge in [0.25, 0.3) is 0 Å². The molecule has 1 aromatic carbocycles. The van der Waals surface area contributed by atoms with Gasteiger partial charge in [-0.15, -0.1) is 0 Å². The van der Waals surface area contributed by atoms with Gasteiger partial charge in [-0.2, -0.15) is 0 Å². The van der Waals surface area contributed by atoms with E-state index >= 15 is 0 Å². The van der Waals surface area contributed by atoms with Crippen molar-refractivity contribution in [1.29, 1.82) is 0 Å². The number of benzene rings is 1. The summed E-state index contributed by atoms with van der Waals surface area (Å²) >= 11 is 6.04. The zero-order valence-corrected chi connectivity index (χ0v) is 17.6. The second-order valence-corrected chi connectivity index (χ2v) is 8.12. The van der Waals surface area contributed by atoms with E-state index in [1.807, 2.05) is 49.6 Å². The van der Waals surface area contributed by atoms with Crippen molar-refractivity contribution in [2.24, 2.45) is 0 Å². The minimum absolute atomic E-state index is 0.0143. The van der Waals surface area contributed by atoms with Gasteiger partial charge >= 0.3 is 0 Å². The Bertz CT molecular complexity index is 1030. The number of rotatable bonds is 4. The normalized spacial score (nSPS) is 15.4. The molecule has 1 N–H and O–H groups in total. The lowest BCUT2D eigenvalue weighted by molar-refractivity contribution is -0.121. The van der Waals surface area contributed by atoms with E-state index in [4.69, 9.17) is 11.6 Å². The maximum atomic E-state index is 13.3. The Labute approximate surface area is 175 Å². The number of nitrogens with one attached hydrogen (secondary N) is 1. The number of aromatic nitrogens is 4. The minimum atomic E-state index is -0.530. The molecule has 2 heterocycles. The first kappa shape index (κ1) is 19.6. The first-order chi connectivity index (χ1) is 13.9. The van der Waals surface area contributed by atoms with Crippen LogP contribution in [0.4, 0.5) is 5.69 Å². The van der Waals surface area contributed by atoms with E-state index in [1.165, 1.54) is 0 Å². The van der Waals surface area contributed by atoms with E-state index in [0.29, 0.717) is 16.7 Å². The number of hydrogen-bond acceptors (Lipinski definition) is 4. The molecule has 0 saturated heterocycles. The van der Waals surface area contributed by atoms with E-state index in [0.717, 1.165) is 48.5 Å². The van der Waals surface area contributed by atoms with E-state index in [9.17, 15) is 4.79 Å². The maximum Gasteiger partial charge on any atom is 0.235 e. The van der Waals surface area contributed by atoms with Crippen LogP contribution in [-0.2, 0) is 10.2 Å². The smallest absolute Gasteiger partial charge is 0.235 e. The lowest BCUT2D eigenvalue weighted by Crippen LogP contribution is -2.38. The van der Waals surface area contributed by atoms with Gasteiger partial charge in [-0.3, -0.25) is 9.36 Å². The van der Waals surface area contributed by atoms with E-state index in [-0.39, 0.29) is 5.91 Å². The standard InChI is InChI=1S/C22H24ClN5O/c1-14-15(2)28(16(3)26-14)21-24-12-19(13-25-21)27-20(29)22(10-4-5-11-22)17-6-8-18(23)9-7-17/h6-9,12-13H,4-5,10-11H2,1-3H3,(H,27,29). The highest BCUT2D eigenvalue weighted by atomic mass is 35.5. The van der Waals surface area contributed by atoms with Gasteiger partial charge in [0.1, 0.15) is 5.82 Å². The molecule has 0 spiro atoms. The number of anilines is 1. The van der Waals surface area contributed by atoms with Crippen LogP contribution in [0.15, 0.2) is 36.7 Å². The number of carbonyl (C=O) groups is 1. The third-order valence-corrected chi connectivity index (χ3v) is 6.15. The van der Waals surface area contributed by atoms with Crippen LogP contribution >= 0.6 is 11.6 Å². The summed E-state index contributed by atoms with van der Waals surface area (Å²) in [6.07, 6.45) is 7.02. The van der Waals surface area contributed by atoms with Crippen molar-refractivity contribution in [1.82, 2.24) is 19.5 Å². The molecule has 0 radical (unpaired) electrons. The maximum absolute atomic E-state index is 13.3. The second kappa shape index (κ2) is 7.59. The molecular weight excluding hydrogens is 386 g/mol. The number of nitrogens with zero attached hydrogens (tertiary/aromatic N) is 4. The highest BCUT2D eigenvalue weighted by Gasteiger charge is 2.42. The van der Waals surface area contributed by atoms with Crippen molar-refractivity contribution in [3.05, 3.63) is 64.5 Å². The second-order valence-electron chi connectivity index (χ2n) is 7.69. The van der Waals surface area contributed by atoms with Gasteiger partial charge in [0.15, 0.2) is 0 Å². The molecule has 3 aromatic rings. The largest absolute Gasteiger partial charge is 0.323 e. The van der Waals surface area contributed by atoms with Crippen LogP contribution in [0.5, 0.6) is 0 Å². The molecule has 1 saturated carbocycles. The number of imidazole rings is 1. The molecular formula is C22H24ClN5O. The van der Waals surface area contributed by atoms with Crippen LogP contribution in [0.25, 0.3) is 5.95 Å². The molecule has 1 aliphatic carbocycles. The van der Waals surface area contributed by atoms with Crippen molar-refractivity contribution >= 4 is 23.2 Å². The van der Waals surface area contributed by atoms with Crippen LogP contribution in [0.1, 0.15) is 48.5 Å². The summed E-state index contributed by atoms with van der Waals surface area (Å²) in [6.45, 7) is 5.88. The van der Waals surface area contributed by atoms with E-state index in [1.54, 1.807) is 12.4 Å². The van der Waals surface area contributed by atoms with Crippen LogP contribution < -0.4 is 5.32 Å². The van der Waals surface area contributed by atoms with Crippen LogP contribution in [-0.4, -0.2) is 25.4 Å². The number of halogens is 1. The Kier molecular flexibility index (Phi) is 5.13. The fourth-order valence-corrected chi connectivity index (χ4v) is 4.35. The summed E-state index contributed by atoms with van der Waals surface area (Å²) in [5.41, 5.74) is 3.03. The lowest BCUT2D eigenvalue weighted by Gasteiger charge is -2.28. The van der Waals surface area contributed by atoms with Crippen molar-refractivity contribution < 1.29 is 4.79 Å². The van der Waals surface area contributed by atoms with Gasteiger partial charge in [0, 0.05) is 10.7 Å². The molecule has 1 aliphatic rings. The Balaban J connectivity index is 1.58. The highest BCUT2D eigenvalue weighted by molar-refractivity contribution is 6.30. The SMILES string of the molecule is Cc1nc(C)n(-c2ncc(NC(=O)C3(c4ccc(Cl)cc4)CCCC3)cn2)c1C. The summed E-state index contributed by atoms with van der Waals surface area (Å²) in [4.78, 5) is 26.6. The molecule has 29 heavy (non-hydrogen) atoms. The lowest BCUT2D eigenvalue weighted by atomic mass is 9.78. The average molecular weight is 410 g/mol. The molecule has 0 atom stereocenters. The molecule has 4 rings (SSSR count). The van der Waals surface area contributed by atoms with Gasteiger partial charge < -0.3 is 5.32 Å². The zero-order valence-electron chi connectivity index (χ0n) is 16.9. The molecule has 0 bridgehead atoms. The third-order valence-electron chi connectivity index (χ3n) is 5.90. The quantitative estimate of drug-likeness (QED) is 0.678. The van der Waals surface area contributed by atoms with Crippen molar-refractivity contribution in [3.63, 3.8) is 0 Å². The van der Waals surface area contributed by atoms with Crippen molar-refractivity contribution in [2.75, 3.05) is 5.32 Å². The molecule has 1 fully saturated rings. The van der Waals surface area contributed by atoms with Crippen LogP contribution in [0.3, 0.4) is 0 Å². The summed E-state index contributed by atoms with van der Waals surface area (Å²) < 4.78 is 1.91. The van der Waals surface area contributed by atoms with E-state index in [2.05, 4.69) is 20.3 Å². The van der Waals surface area contributed by atoms with E-state index < -0.39 is 5.41 Å². The number of amides is 1. The number of hydrogen-bond donors (Lipinski definition) is 1. The molecule has 0 aliphatic heterocycles. The fourth-order valence-electron chi connectivity index (χ4n) is 4.22. The van der Waals surface area contributed by atoms with Gasteiger partial charge in [-0.25, -0.2) is 15.0 Å². The van der Waals surface area contributed by atoms with Gasteiger partial charge in [0.2, 0.25) is 11.9 Å². The Morgan fingerprint density at radius 3 is 2.24 bits per heavy atom. The van der Waals surface area contributed by atoms with Crippen LogP contribution in [0, 0.1) is 20.8 Å². The summed E-state index contributed by atoms with van der Waals surface area (Å²) in [5, 5.41) is 3.70. The summed E-state index contributed by atoms with van der Waals surface area (Å²) in [5.74, 6) is 1.37. The predicted molar refractivity (Wildman–Crippen MR) is 114 cm³/mol.